The van der Waals surface area contributed by atoms with Gasteiger partial charge >= 0.3 is 0 Å². The molecule has 0 amide bonds. The van der Waals surface area contributed by atoms with Gasteiger partial charge in [-0.2, -0.15) is 0 Å². The molecular weight excluding hydrogens is 486 g/mol. The highest BCUT2D eigenvalue weighted by Crippen LogP contribution is 2.32. The molecule has 40 heavy (non-hydrogen) atoms. The van der Waals surface area contributed by atoms with Crippen LogP contribution >= 0.6 is 0 Å². The van der Waals surface area contributed by atoms with Crippen LogP contribution in [0.4, 0.5) is 0 Å². The van der Waals surface area contributed by atoms with Crippen molar-refractivity contribution in [2.45, 2.75) is 0 Å². The standard InChI is InChI=1S/C37H23N3/c1-3-9-31-24(6-1)8-5-10-32(31)36-19-16-29-20-26(15-18-34(29)39-36)27-13-12-25-14-17-35(40-37(25)22-27)30-21-28-7-2-4-11-33(28)38-23-30/h1-23H. The van der Waals surface area contributed by atoms with Crippen LogP contribution in [0.2, 0.25) is 0 Å². The maximum absolute atomic E-state index is 5.03. The maximum atomic E-state index is 5.03. The second kappa shape index (κ2) is 9.11. The van der Waals surface area contributed by atoms with Gasteiger partial charge in [0.05, 0.1) is 27.9 Å². The van der Waals surface area contributed by atoms with E-state index >= 15 is 0 Å². The van der Waals surface area contributed by atoms with Crippen LogP contribution in [0.5, 0.6) is 0 Å². The molecule has 0 bridgehead atoms. The molecule has 0 radical (unpaired) electrons. The number of rotatable bonds is 3. The van der Waals surface area contributed by atoms with Gasteiger partial charge in [0.1, 0.15) is 0 Å². The smallest absolute Gasteiger partial charge is 0.0725 e. The van der Waals surface area contributed by atoms with Crippen LogP contribution in [0, 0.1) is 0 Å². The Hall–Kier alpha value is -5.41. The highest BCUT2D eigenvalue weighted by molar-refractivity contribution is 5.97. The molecule has 5 aromatic carbocycles. The van der Waals surface area contributed by atoms with Gasteiger partial charge in [0, 0.05) is 33.5 Å². The predicted molar refractivity (Wildman–Crippen MR) is 166 cm³/mol. The normalized spacial score (nSPS) is 11.5. The summed E-state index contributed by atoms with van der Waals surface area (Å²) in [4.78, 5) is 14.7. The Bertz CT molecular complexity index is 2230. The van der Waals surface area contributed by atoms with Crippen molar-refractivity contribution in [1.82, 2.24) is 15.0 Å². The third-order valence-corrected chi connectivity index (χ3v) is 7.67. The summed E-state index contributed by atoms with van der Waals surface area (Å²) in [7, 11) is 0. The predicted octanol–water partition coefficient (Wildman–Crippen LogP) is 9.49. The number of pyridine rings is 3. The topological polar surface area (TPSA) is 38.7 Å². The first-order valence-electron chi connectivity index (χ1n) is 13.4. The quantitative estimate of drug-likeness (QED) is 0.238. The van der Waals surface area contributed by atoms with E-state index in [1.807, 2.05) is 24.4 Å². The van der Waals surface area contributed by atoms with E-state index in [1.165, 1.54) is 10.8 Å². The Morgan fingerprint density at radius 3 is 2.02 bits per heavy atom. The molecule has 3 heteroatoms. The van der Waals surface area contributed by atoms with E-state index in [9.17, 15) is 0 Å². The Balaban J connectivity index is 1.17. The zero-order valence-corrected chi connectivity index (χ0v) is 21.6. The van der Waals surface area contributed by atoms with E-state index in [1.54, 1.807) is 0 Å². The Morgan fingerprint density at radius 2 is 1.05 bits per heavy atom. The Kier molecular flexibility index (Phi) is 5.14. The highest BCUT2D eigenvalue weighted by atomic mass is 14.7. The molecule has 0 saturated carbocycles. The van der Waals surface area contributed by atoms with Crippen LogP contribution in [-0.4, -0.2) is 15.0 Å². The van der Waals surface area contributed by atoms with Gasteiger partial charge in [-0.25, -0.2) is 9.97 Å². The van der Waals surface area contributed by atoms with Gasteiger partial charge in [-0.3, -0.25) is 4.98 Å². The van der Waals surface area contributed by atoms with Crippen molar-refractivity contribution in [3.05, 3.63) is 140 Å². The summed E-state index contributed by atoms with van der Waals surface area (Å²) < 4.78 is 0. The van der Waals surface area contributed by atoms with Gasteiger partial charge in [0.2, 0.25) is 0 Å². The van der Waals surface area contributed by atoms with Gasteiger partial charge < -0.3 is 0 Å². The molecule has 0 unspecified atom stereocenters. The second-order valence-electron chi connectivity index (χ2n) is 10.2. The van der Waals surface area contributed by atoms with Crippen LogP contribution in [0.3, 0.4) is 0 Å². The van der Waals surface area contributed by atoms with Gasteiger partial charge in [0.25, 0.3) is 0 Å². The zero-order chi connectivity index (χ0) is 26.5. The monoisotopic (exact) mass is 509 g/mol. The summed E-state index contributed by atoms with van der Waals surface area (Å²) in [6.45, 7) is 0. The first kappa shape index (κ1) is 22.6. The molecule has 0 aliphatic carbocycles. The lowest BCUT2D eigenvalue weighted by Gasteiger charge is -2.09. The first-order chi connectivity index (χ1) is 19.8. The number of hydrogen-bond acceptors (Lipinski definition) is 3. The summed E-state index contributed by atoms with van der Waals surface area (Å²) in [5.74, 6) is 0. The van der Waals surface area contributed by atoms with E-state index < -0.39 is 0 Å². The number of para-hydroxylation sites is 1. The van der Waals surface area contributed by atoms with Crippen LogP contribution in [0.1, 0.15) is 0 Å². The maximum Gasteiger partial charge on any atom is 0.0725 e. The lowest BCUT2D eigenvalue weighted by atomic mass is 9.99. The summed E-state index contributed by atoms with van der Waals surface area (Å²) in [6, 6.07) is 46.7. The average Bonchev–Trinajstić information content (AvgIpc) is 3.03. The molecule has 0 saturated heterocycles. The van der Waals surface area contributed by atoms with Crippen molar-refractivity contribution in [3.8, 4) is 33.6 Å². The fourth-order valence-electron chi connectivity index (χ4n) is 5.57. The van der Waals surface area contributed by atoms with E-state index in [0.29, 0.717) is 0 Å². The number of benzene rings is 5. The first-order valence-corrected chi connectivity index (χ1v) is 13.4. The summed E-state index contributed by atoms with van der Waals surface area (Å²) in [5, 5.41) is 5.79. The minimum Gasteiger partial charge on any atom is -0.256 e. The SMILES string of the molecule is c1ccc2ncc(-c3ccc4ccc(-c5ccc6nc(-c7cccc8ccccc78)ccc6c5)cc4n3)cc2c1. The molecular formula is C37H23N3. The van der Waals surface area contributed by atoms with Gasteiger partial charge in [0.15, 0.2) is 0 Å². The minimum atomic E-state index is 0.923. The molecule has 186 valence electrons. The Labute approximate surface area is 231 Å². The number of aromatic nitrogens is 3. The van der Waals surface area contributed by atoms with E-state index in [2.05, 4.69) is 120 Å². The van der Waals surface area contributed by atoms with Crippen molar-refractivity contribution >= 4 is 43.5 Å². The van der Waals surface area contributed by atoms with Crippen molar-refractivity contribution in [1.29, 1.82) is 0 Å². The lowest BCUT2D eigenvalue weighted by Crippen LogP contribution is -1.89. The summed E-state index contributed by atoms with van der Waals surface area (Å²) >= 11 is 0. The Morgan fingerprint density at radius 1 is 0.375 bits per heavy atom. The molecule has 0 fully saturated rings. The molecule has 8 aromatic rings. The van der Waals surface area contributed by atoms with Gasteiger partial charge in [-0.1, -0.05) is 91.0 Å². The number of nitrogens with zero attached hydrogens (tertiary/aromatic N) is 3. The largest absolute Gasteiger partial charge is 0.256 e. The second-order valence-corrected chi connectivity index (χ2v) is 10.2. The number of fused-ring (bicyclic) bond motifs is 4. The van der Waals surface area contributed by atoms with Crippen LogP contribution in [-0.2, 0) is 0 Å². The zero-order valence-electron chi connectivity index (χ0n) is 21.6. The molecule has 3 heterocycles. The van der Waals surface area contributed by atoms with Crippen molar-refractivity contribution in [3.63, 3.8) is 0 Å². The summed E-state index contributed by atoms with van der Waals surface area (Å²) in [6.07, 6.45) is 1.91. The molecule has 8 rings (SSSR count). The van der Waals surface area contributed by atoms with E-state index in [4.69, 9.17) is 9.97 Å². The third kappa shape index (κ3) is 3.88. The fourth-order valence-corrected chi connectivity index (χ4v) is 5.57. The van der Waals surface area contributed by atoms with Crippen LogP contribution < -0.4 is 0 Å². The molecule has 0 atom stereocenters. The molecule has 3 aromatic heterocycles. The fraction of sp³-hybridized carbons (Fsp3) is 0. The van der Waals surface area contributed by atoms with Gasteiger partial charge in [-0.15, -0.1) is 0 Å². The van der Waals surface area contributed by atoms with Crippen molar-refractivity contribution in [2.24, 2.45) is 0 Å². The summed E-state index contributed by atoms with van der Waals surface area (Å²) in [5.41, 5.74) is 9.31. The third-order valence-electron chi connectivity index (χ3n) is 7.67. The van der Waals surface area contributed by atoms with Crippen molar-refractivity contribution < 1.29 is 0 Å². The molecule has 0 N–H and O–H groups in total. The molecule has 0 aliphatic rings. The van der Waals surface area contributed by atoms with Crippen LogP contribution in [0.25, 0.3) is 77.1 Å². The lowest BCUT2D eigenvalue weighted by molar-refractivity contribution is 1.35. The minimum absolute atomic E-state index is 0.923. The molecule has 0 spiro atoms. The highest BCUT2D eigenvalue weighted by Gasteiger charge is 2.09. The van der Waals surface area contributed by atoms with Crippen LogP contribution in [0.15, 0.2) is 140 Å². The molecule has 3 nitrogen and oxygen atoms in total. The number of hydrogen-bond donors (Lipinski definition) is 0. The van der Waals surface area contributed by atoms with Crippen molar-refractivity contribution in [2.75, 3.05) is 0 Å². The van der Waals surface area contributed by atoms with Gasteiger partial charge in [-0.05, 0) is 64.4 Å². The average molecular weight is 510 g/mol. The van der Waals surface area contributed by atoms with E-state index in [0.717, 1.165) is 66.4 Å². The van der Waals surface area contributed by atoms with E-state index in [-0.39, 0.29) is 0 Å². The molecule has 0 aliphatic heterocycles.